The van der Waals surface area contributed by atoms with Crippen molar-refractivity contribution < 1.29 is 14.6 Å². The van der Waals surface area contributed by atoms with Crippen molar-refractivity contribution in [3.63, 3.8) is 0 Å². The van der Waals surface area contributed by atoms with Gasteiger partial charge in [0.25, 0.3) is 0 Å². The molecular formula is C17H23N5O3. The highest BCUT2D eigenvalue weighted by Crippen LogP contribution is 2.27. The summed E-state index contributed by atoms with van der Waals surface area (Å²) in [6, 6.07) is 7.13. The van der Waals surface area contributed by atoms with Gasteiger partial charge in [0.1, 0.15) is 5.75 Å². The summed E-state index contributed by atoms with van der Waals surface area (Å²) in [5, 5.41) is 17.0. The van der Waals surface area contributed by atoms with Gasteiger partial charge in [-0.05, 0) is 12.1 Å². The first-order valence-corrected chi connectivity index (χ1v) is 8.27. The monoisotopic (exact) mass is 345 g/mol. The van der Waals surface area contributed by atoms with Crippen LogP contribution in [-0.4, -0.2) is 65.7 Å². The average Bonchev–Trinajstić information content (AvgIpc) is 3.08. The lowest BCUT2D eigenvalue weighted by atomic mass is 10.2. The number of nitrogens with one attached hydrogen (secondary N) is 1. The summed E-state index contributed by atoms with van der Waals surface area (Å²) < 4.78 is 6.74. The molecule has 134 valence electrons. The number of ether oxygens (including phenoxy) is 1. The molecule has 2 N–H and O–H groups in total. The molecular weight excluding hydrogens is 322 g/mol. The Kier molecular flexibility index (Phi) is 5.39. The van der Waals surface area contributed by atoms with Gasteiger partial charge < -0.3 is 25.0 Å². The molecule has 1 aromatic carbocycles. The largest absolute Gasteiger partial charge is 0.506 e. The molecule has 0 bridgehead atoms. The fourth-order valence-corrected chi connectivity index (χ4v) is 2.82. The predicted molar refractivity (Wildman–Crippen MR) is 95.0 cm³/mol. The molecule has 8 nitrogen and oxygen atoms in total. The second kappa shape index (κ2) is 7.89. The molecule has 8 heteroatoms. The Balaban J connectivity index is 1.51. The van der Waals surface area contributed by atoms with Crippen LogP contribution < -0.4 is 10.2 Å². The van der Waals surface area contributed by atoms with Crippen LogP contribution in [-0.2, 0) is 11.3 Å². The second-order valence-corrected chi connectivity index (χ2v) is 5.88. The predicted octanol–water partition coefficient (Wildman–Crippen LogP) is 1.59. The van der Waals surface area contributed by atoms with Crippen molar-refractivity contribution in [3.05, 3.63) is 36.7 Å². The number of para-hydroxylation sites is 2. The summed E-state index contributed by atoms with van der Waals surface area (Å²) in [4.78, 5) is 16.2. The number of benzene rings is 1. The smallest absolute Gasteiger partial charge is 0.322 e. The molecule has 0 unspecified atom stereocenters. The molecule has 2 amide bonds. The second-order valence-electron chi connectivity index (χ2n) is 5.88. The quantitative estimate of drug-likeness (QED) is 0.860. The fraction of sp³-hybridized carbons (Fsp3) is 0.412. The number of carbonyl (C=O) groups excluding carboxylic acids is 1. The van der Waals surface area contributed by atoms with Gasteiger partial charge in [-0.15, -0.1) is 0 Å². The average molecular weight is 345 g/mol. The van der Waals surface area contributed by atoms with Crippen molar-refractivity contribution in [1.82, 2.24) is 14.7 Å². The first-order chi connectivity index (χ1) is 12.2. The molecule has 0 atom stereocenters. The molecule has 0 aliphatic carbocycles. The molecule has 0 saturated carbocycles. The van der Waals surface area contributed by atoms with E-state index in [0.717, 1.165) is 5.69 Å². The maximum absolute atomic E-state index is 12.4. The number of anilines is 2. The standard InChI is InChI=1S/C17H23N5O3/c1-25-11-10-22-13-14(12-18-22)19-17(24)21-8-6-20(7-9-21)15-4-2-3-5-16(15)23/h2-5,12-13,23H,6-11H2,1H3,(H,19,24). The van der Waals surface area contributed by atoms with Crippen LogP contribution in [0.3, 0.4) is 0 Å². The Hall–Kier alpha value is -2.74. The molecule has 3 rings (SSSR count). The van der Waals surface area contributed by atoms with Crippen LogP contribution in [0.15, 0.2) is 36.7 Å². The van der Waals surface area contributed by atoms with E-state index < -0.39 is 0 Å². The third kappa shape index (κ3) is 4.21. The molecule has 25 heavy (non-hydrogen) atoms. The van der Waals surface area contributed by atoms with Gasteiger partial charge in [-0.3, -0.25) is 4.68 Å². The summed E-state index contributed by atoms with van der Waals surface area (Å²) >= 11 is 0. The topological polar surface area (TPSA) is 82.9 Å². The normalized spacial score (nSPS) is 14.6. The number of nitrogens with zero attached hydrogens (tertiary/aromatic N) is 4. The van der Waals surface area contributed by atoms with Crippen LogP contribution in [0.1, 0.15) is 0 Å². The molecule has 2 heterocycles. The summed E-state index contributed by atoms with van der Waals surface area (Å²) in [6.45, 7) is 3.76. The number of carbonyl (C=O) groups is 1. The lowest BCUT2D eigenvalue weighted by Crippen LogP contribution is -2.50. The van der Waals surface area contributed by atoms with Crippen molar-refractivity contribution in [1.29, 1.82) is 0 Å². The number of aromatic nitrogens is 2. The number of phenolic OH excluding ortho intramolecular Hbond substituents is 1. The van der Waals surface area contributed by atoms with Gasteiger partial charge in [-0.25, -0.2) is 4.79 Å². The Labute approximate surface area is 146 Å². The highest BCUT2D eigenvalue weighted by atomic mass is 16.5. The molecule has 0 radical (unpaired) electrons. The molecule has 0 spiro atoms. The number of aromatic hydroxyl groups is 1. The van der Waals surface area contributed by atoms with Crippen LogP contribution in [0.25, 0.3) is 0 Å². The lowest BCUT2D eigenvalue weighted by Gasteiger charge is -2.36. The third-order valence-corrected chi connectivity index (χ3v) is 4.20. The van der Waals surface area contributed by atoms with Gasteiger partial charge in [0.15, 0.2) is 0 Å². The Morgan fingerprint density at radius 3 is 2.76 bits per heavy atom. The Bertz CT molecular complexity index is 710. The summed E-state index contributed by atoms with van der Waals surface area (Å²) in [5.41, 5.74) is 1.48. The van der Waals surface area contributed by atoms with Crippen LogP contribution in [0, 0.1) is 0 Å². The highest BCUT2D eigenvalue weighted by Gasteiger charge is 2.22. The summed E-state index contributed by atoms with van der Waals surface area (Å²) in [6.07, 6.45) is 3.42. The number of urea groups is 1. The van der Waals surface area contributed by atoms with E-state index in [1.54, 1.807) is 41.2 Å². The van der Waals surface area contributed by atoms with E-state index >= 15 is 0 Å². The van der Waals surface area contributed by atoms with Gasteiger partial charge >= 0.3 is 6.03 Å². The number of hydrogen-bond acceptors (Lipinski definition) is 5. The third-order valence-electron chi connectivity index (χ3n) is 4.20. The number of piperazine rings is 1. The van der Waals surface area contributed by atoms with E-state index in [0.29, 0.717) is 45.0 Å². The van der Waals surface area contributed by atoms with E-state index in [2.05, 4.69) is 15.3 Å². The van der Waals surface area contributed by atoms with Crippen molar-refractivity contribution in [3.8, 4) is 5.75 Å². The Morgan fingerprint density at radius 2 is 2.04 bits per heavy atom. The molecule has 1 aliphatic heterocycles. The van der Waals surface area contributed by atoms with Crippen LogP contribution >= 0.6 is 0 Å². The maximum Gasteiger partial charge on any atom is 0.322 e. The molecule has 1 aromatic heterocycles. The first kappa shape index (κ1) is 17.1. The maximum atomic E-state index is 12.4. The highest BCUT2D eigenvalue weighted by molar-refractivity contribution is 5.89. The van der Waals surface area contributed by atoms with Crippen LogP contribution in [0.5, 0.6) is 5.75 Å². The minimum Gasteiger partial charge on any atom is -0.506 e. The van der Waals surface area contributed by atoms with Gasteiger partial charge in [-0.1, -0.05) is 12.1 Å². The van der Waals surface area contributed by atoms with Gasteiger partial charge in [0.05, 0.1) is 30.7 Å². The fourth-order valence-electron chi connectivity index (χ4n) is 2.82. The number of hydrogen-bond donors (Lipinski definition) is 2. The first-order valence-electron chi connectivity index (χ1n) is 8.27. The van der Waals surface area contributed by atoms with Gasteiger partial charge in [-0.2, -0.15) is 5.10 Å². The van der Waals surface area contributed by atoms with E-state index in [1.807, 2.05) is 12.1 Å². The zero-order valence-electron chi connectivity index (χ0n) is 14.3. The van der Waals surface area contributed by atoms with E-state index in [1.165, 1.54) is 0 Å². The minimum atomic E-state index is -0.136. The van der Waals surface area contributed by atoms with E-state index in [-0.39, 0.29) is 11.8 Å². The zero-order chi connectivity index (χ0) is 17.6. The number of amides is 2. The van der Waals surface area contributed by atoms with E-state index in [9.17, 15) is 9.90 Å². The van der Waals surface area contributed by atoms with Crippen molar-refractivity contribution in [2.75, 3.05) is 50.1 Å². The minimum absolute atomic E-state index is 0.136. The molecule has 1 saturated heterocycles. The molecule has 2 aromatic rings. The van der Waals surface area contributed by atoms with Gasteiger partial charge in [0, 0.05) is 39.5 Å². The SMILES string of the molecule is COCCn1cc(NC(=O)N2CCN(c3ccccc3O)CC2)cn1. The Morgan fingerprint density at radius 1 is 1.28 bits per heavy atom. The van der Waals surface area contributed by atoms with Crippen molar-refractivity contribution >= 4 is 17.4 Å². The number of methoxy groups -OCH3 is 1. The van der Waals surface area contributed by atoms with Crippen molar-refractivity contribution in [2.45, 2.75) is 6.54 Å². The number of phenols is 1. The zero-order valence-corrected chi connectivity index (χ0v) is 14.3. The van der Waals surface area contributed by atoms with Crippen LogP contribution in [0.4, 0.5) is 16.2 Å². The number of rotatable bonds is 5. The lowest BCUT2D eigenvalue weighted by molar-refractivity contribution is 0.183. The van der Waals surface area contributed by atoms with E-state index in [4.69, 9.17) is 4.74 Å². The van der Waals surface area contributed by atoms with Crippen molar-refractivity contribution in [2.24, 2.45) is 0 Å². The summed E-state index contributed by atoms with van der Waals surface area (Å²) in [5.74, 6) is 0.267. The van der Waals surface area contributed by atoms with Gasteiger partial charge in [0.2, 0.25) is 0 Å². The summed E-state index contributed by atoms with van der Waals surface area (Å²) in [7, 11) is 1.64. The molecule has 1 aliphatic rings. The molecule has 1 fully saturated rings. The van der Waals surface area contributed by atoms with Crippen LogP contribution in [0.2, 0.25) is 0 Å².